The SMILES string of the molecule is COc1cc[c]([Pb]([O]C(=O)C(Cl)Cl)([O]C(=O)C(Cl)Cl)[O][Pb]([O]C(=O)C(Cl)Cl)([O]C(=O)C(Cl)Cl)[c]2ccc(OC)cc2)cc1. The summed E-state index contributed by atoms with van der Waals surface area (Å²) >= 11 is 33.1. The van der Waals surface area contributed by atoms with Gasteiger partial charge in [0.25, 0.3) is 0 Å². The fourth-order valence-corrected chi connectivity index (χ4v) is 46.9. The second-order valence-electron chi connectivity index (χ2n) is 7.56. The van der Waals surface area contributed by atoms with Gasteiger partial charge < -0.3 is 0 Å². The maximum absolute atomic E-state index is 12.9. The van der Waals surface area contributed by atoms with Crippen molar-refractivity contribution in [3.05, 3.63) is 48.5 Å². The molecule has 0 saturated carbocycles. The molecule has 0 aliphatic carbocycles. The van der Waals surface area contributed by atoms with Gasteiger partial charge in [0.2, 0.25) is 0 Å². The summed E-state index contributed by atoms with van der Waals surface area (Å²) in [5, 5.41) is 0. The van der Waals surface area contributed by atoms with Crippen molar-refractivity contribution in [2.24, 2.45) is 0 Å². The molecule has 0 aliphatic rings. The van der Waals surface area contributed by atoms with E-state index in [2.05, 4.69) is 0 Å². The molecule has 0 aromatic heterocycles. The fraction of sp³-hybridized carbons (Fsp3) is 0.273. The van der Waals surface area contributed by atoms with Crippen molar-refractivity contribution in [2.75, 3.05) is 14.2 Å². The van der Waals surface area contributed by atoms with E-state index >= 15 is 0 Å². The van der Waals surface area contributed by atoms with Crippen molar-refractivity contribution >= 4 is 168 Å². The number of halogens is 8. The molecule has 43 heavy (non-hydrogen) atoms. The van der Waals surface area contributed by atoms with E-state index < -0.39 is 88.3 Å². The molecule has 2 rings (SSSR count). The molecule has 2 aromatic rings. The van der Waals surface area contributed by atoms with Gasteiger partial charge in [0, 0.05) is 0 Å². The average molecular weight is 1160 g/mol. The van der Waals surface area contributed by atoms with Crippen molar-refractivity contribution in [3.63, 3.8) is 0 Å². The van der Waals surface area contributed by atoms with Crippen molar-refractivity contribution in [1.82, 2.24) is 0 Å². The Balaban J connectivity index is 3.02. The third-order valence-corrected chi connectivity index (χ3v) is 42.1. The van der Waals surface area contributed by atoms with Gasteiger partial charge in [-0.1, -0.05) is 0 Å². The molecule has 0 unspecified atom stereocenters. The summed E-state index contributed by atoms with van der Waals surface area (Å²) in [5.41, 5.74) is 0. The van der Waals surface area contributed by atoms with Crippen LogP contribution >= 0.6 is 92.8 Å². The van der Waals surface area contributed by atoms with Gasteiger partial charge >= 0.3 is 302 Å². The molecule has 0 heterocycles. The van der Waals surface area contributed by atoms with Crippen LogP contribution in [0.2, 0.25) is 0 Å². The number of hydrogen-bond acceptors (Lipinski definition) is 11. The number of methoxy groups -OCH3 is 2. The van der Waals surface area contributed by atoms with Gasteiger partial charge in [0.15, 0.2) is 0 Å². The van der Waals surface area contributed by atoms with Crippen LogP contribution in [0.1, 0.15) is 0 Å². The first-order chi connectivity index (χ1) is 20.1. The second kappa shape index (κ2) is 17.8. The van der Waals surface area contributed by atoms with E-state index in [0.717, 1.165) is 0 Å². The molecule has 236 valence electrons. The maximum atomic E-state index is 12.9. The molecular formula is C22H18Cl8O11Pb2. The van der Waals surface area contributed by atoms with Gasteiger partial charge in [-0.3, -0.25) is 0 Å². The predicted octanol–water partition coefficient (Wildman–Crippen LogP) is 4.10. The zero-order valence-electron chi connectivity index (χ0n) is 21.4. The summed E-state index contributed by atoms with van der Waals surface area (Å²) in [5.74, 6) is -4.81. The molecule has 21 heteroatoms. The molecule has 0 atom stereocenters. The van der Waals surface area contributed by atoms with Crippen LogP contribution in [0, 0.1) is 0 Å². The van der Waals surface area contributed by atoms with Crippen LogP contribution in [0.3, 0.4) is 0 Å². The zero-order chi connectivity index (χ0) is 32.5. The van der Waals surface area contributed by atoms with E-state index in [1.165, 1.54) is 62.8 Å². The van der Waals surface area contributed by atoms with Gasteiger partial charge in [-0.15, -0.1) is 0 Å². The molecule has 11 nitrogen and oxygen atoms in total. The second-order valence-corrected chi connectivity index (χ2v) is 36.0. The normalized spacial score (nSPS) is 11.9. The Morgan fingerprint density at radius 2 is 0.721 bits per heavy atom. The van der Waals surface area contributed by atoms with Crippen LogP contribution in [0.5, 0.6) is 11.5 Å². The molecule has 0 spiro atoms. The van der Waals surface area contributed by atoms with E-state index in [4.69, 9.17) is 114 Å². The molecule has 0 N–H and O–H groups in total. The van der Waals surface area contributed by atoms with E-state index in [1.807, 2.05) is 0 Å². The predicted molar refractivity (Wildman–Crippen MR) is 164 cm³/mol. The number of benzene rings is 2. The average Bonchev–Trinajstić information content (AvgIpc) is 2.96. The molecule has 0 aliphatic heterocycles. The minimum atomic E-state index is -6.53. The van der Waals surface area contributed by atoms with Crippen LogP contribution < -0.4 is 15.7 Å². The van der Waals surface area contributed by atoms with Crippen molar-refractivity contribution in [1.29, 1.82) is 0 Å². The topological polar surface area (TPSA) is 133 Å². The molecule has 0 radical (unpaired) electrons. The Hall–Kier alpha value is 0.0442. The number of hydrogen-bond donors (Lipinski definition) is 0. The molecular weight excluding hydrogens is 1140 g/mol. The number of alkyl halides is 8. The molecule has 0 amide bonds. The molecule has 0 fully saturated rings. The first-order valence-electron chi connectivity index (χ1n) is 11.1. The van der Waals surface area contributed by atoms with E-state index in [1.54, 1.807) is 0 Å². The van der Waals surface area contributed by atoms with E-state index in [9.17, 15) is 19.2 Å². The van der Waals surface area contributed by atoms with Crippen molar-refractivity contribution < 1.29 is 40.0 Å². The van der Waals surface area contributed by atoms with Crippen molar-refractivity contribution in [3.8, 4) is 11.5 Å². The number of carbonyl (C=O) groups is 4. The monoisotopic (exact) mass is 1150 g/mol. The summed E-state index contributed by atoms with van der Waals surface area (Å²) in [6.07, 6.45) is 0. The van der Waals surface area contributed by atoms with Crippen molar-refractivity contribution in [2.45, 2.75) is 19.3 Å². The Bertz CT molecular complexity index is 1140. The van der Waals surface area contributed by atoms with Gasteiger partial charge in [0.1, 0.15) is 0 Å². The van der Waals surface area contributed by atoms with Crippen LogP contribution in [0.15, 0.2) is 48.5 Å². The first-order valence-corrected chi connectivity index (χ1v) is 28.0. The zero-order valence-corrected chi connectivity index (χ0v) is 35.3. The van der Waals surface area contributed by atoms with Gasteiger partial charge in [0.05, 0.1) is 0 Å². The van der Waals surface area contributed by atoms with Crippen LogP contribution in [0.25, 0.3) is 0 Å². The Morgan fingerprint density at radius 3 is 0.907 bits per heavy atom. The summed E-state index contributed by atoms with van der Waals surface area (Å²) < 4.78 is 38.9. The summed E-state index contributed by atoms with van der Waals surface area (Å²) in [6, 6.07) is 10.7. The Kier molecular flexibility index (Phi) is 16.3. The van der Waals surface area contributed by atoms with Crippen LogP contribution in [-0.2, 0) is 30.6 Å². The molecule has 0 saturated heterocycles. The quantitative estimate of drug-likeness (QED) is 0.200. The van der Waals surface area contributed by atoms with Gasteiger partial charge in [-0.25, -0.2) is 0 Å². The standard InChI is InChI=1S/2C7H7O.4C2H2Cl2O2.O.2Pb/c2*1-8-7-5-3-2-4-6-7;4*3-1(4)2(5)6;;;/h2*3-6H,1H3;4*1H,(H,5,6);;;/q;;;;;;;2*+2/p-4. The van der Waals surface area contributed by atoms with Crippen LogP contribution in [-0.4, -0.2) is 103 Å². The Labute approximate surface area is 298 Å². The van der Waals surface area contributed by atoms with E-state index in [-0.39, 0.29) is 6.25 Å². The number of rotatable bonds is 14. The van der Waals surface area contributed by atoms with E-state index in [0.29, 0.717) is 11.5 Å². The summed E-state index contributed by atoms with van der Waals surface area (Å²) in [4.78, 5) is 44.2. The molecule has 2 aromatic carbocycles. The van der Waals surface area contributed by atoms with Crippen LogP contribution in [0.4, 0.5) is 0 Å². The Morgan fingerprint density at radius 1 is 0.488 bits per heavy atom. The first kappa shape index (κ1) is 39.2. The fourth-order valence-electron chi connectivity index (χ4n) is 2.95. The minimum absolute atomic E-state index is 0.0930. The number of ether oxygens (including phenoxy) is 2. The third kappa shape index (κ3) is 11.1. The third-order valence-electron chi connectivity index (χ3n) is 4.81. The van der Waals surface area contributed by atoms with Gasteiger partial charge in [-0.05, 0) is 0 Å². The van der Waals surface area contributed by atoms with Gasteiger partial charge in [-0.2, -0.15) is 0 Å². The molecule has 0 bridgehead atoms. The summed E-state index contributed by atoms with van der Waals surface area (Å²) in [7, 11) is 2.74. The number of carbonyl (C=O) groups excluding carboxylic acids is 4. The summed E-state index contributed by atoms with van der Waals surface area (Å²) in [6.45, 7) is 0.